The number of allylic oxidation sites excluding steroid dienone is 1. The number of nitrogens with one attached hydrogen (secondary N) is 1. The zero-order valence-electron chi connectivity index (χ0n) is 8.82. The molecule has 90 valence electrons. The minimum absolute atomic E-state index is 0.473. The van der Waals surface area contributed by atoms with Crippen LogP contribution in [0.4, 0.5) is 0 Å². The number of hydrogen-bond donors (Lipinski definition) is 3. The Hall–Kier alpha value is -1.56. The SMILES string of the molecule is O=P(O)(O)C=CCCc1ncc2[nH]cnc2n1. The third kappa shape index (κ3) is 3.45. The van der Waals surface area contributed by atoms with Crippen molar-refractivity contribution in [3.05, 3.63) is 30.2 Å². The van der Waals surface area contributed by atoms with Crippen molar-refractivity contribution in [2.45, 2.75) is 12.8 Å². The Morgan fingerprint density at radius 2 is 2.24 bits per heavy atom. The highest BCUT2D eigenvalue weighted by Gasteiger charge is 2.05. The highest BCUT2D eigenvalue weighted by Crippen LogP contribution is 2.36. The molecule has 0 saturated carbocycles. The minimum atomic E-state index is -4.06. The number of H-pyrrole nitrogens is 1. The van der Waals surface area contributed by atoms with Gasteiger partial charge in [0.25, 0.3) is 0 Å². The Morgan fingerprint density at radius 1 is 1.41 bits per heavy atom. The Kier molecular flexibility index (Phi) is 3.33. The van der Waals surface area contributed by atoms with Crippen LogP contribution in [0.5, 0.6) is 0 Å². The monoisotopic (exact) mass is 254 g/mol. The van der Waals surface area contributed by atoms with Gasteiger partial charge in [-0.05, 0) is 6.42 Å². The standard InChI is InChI=1S/C9H11N4O3P/c14-17(15,16)4-2-1-3-8-10-5-7-9(13-8)12-6-11-7/h2,4-6H,1,3H2,(H2,14,15,16)(H,10,11,12,13). The minimum Gasteiger partial charge on any atom is -0.342 e. The lowest BCUT2D eigenvalue weighted by Crippen LogP contribution is -1.94. The van der Waals surface area contributed by atoms with Gasteiger partial charge in [0.15, 0.2) is 5.65 Å². The summed E-state index contributed by atoms with van der Waals surface area (Å²) in [6.45, 7) is 0. The van der Waals surface area contributed by atoms with Crippen molar-refractivity contribution >= 4 is 18.8 Å². The predicted molar refractivity (Wildman–Crippen MR) is 61.2 cm³/mol. The summed E-state index contributed by atoms with van der Waals surface area (Å²) in [6.07, 6.45) is 5.59. The largest absolute Gasteiger partial charge is 0.348 e. The van der Waals surface area contributed by atoms with Crippen LogP contribution in [-0.2, 0) is 11.0 Å². The molecule has 0 fully saturated rings. The first-order valence-electron chi connectivity index (χ1n) is 4.92. The molecule has 2 rings (SSSR count). The van der Waals surface area contributed by atoms with Crippen LogP contribution >= 0.6 is 7.60 Å². The van der Waals surface area contributed by atoms with Crippen LogP contribution in [0.1, 0.15) is 12.2 Å². The second-order valence-electron chi connectivity index (χ2n) is 3.44. The molecule has 0 aliphatic carbocycles. The highest BCUT2D eigenvalue weighted by atomic mass is 31.2. The van der Waals surface area contributed by atoms with E-state index in [2.05, 4.69) is 19.9 Å². The average Bonchev–Trinajstić information content (AvgIpc) is 2.70. The maximum Gasteiger partial charge on any atom is 0.348 e. The third-order valence-corrected chi connectivity index (χ3v) is 2.66. The van der Waals surface area contributed by atoms with Gasteiger partial charge in [0.2, 0.25) is 0 Å². The molecule has 2 heterocycles. The number of rotatable bonds is 4. The zero-order chi connectivity index (χ0) is 12.3. The molecular formula is C9H11N4O3P. The average molecular weight is 254 g/mol. The zero-order valence-corrected chi connectivity index (χ0v) is 9.71. The van der Waals surface area contributed by atoms with E-state index >= 15 is 0 Å². The van der Waals surface area contributed by atoms with Crippen LogP contribution in [-0.4, -0.2) is 29.7 Å². The van der Waals surface area contributed by atoms with Gasteiger partial charge in [-0.25, -0.2) is 15.0 Å². The normalized spacial score (nSPS) is 12.6. The summed E-state index contributed by atoms with van der Waals surface area (Å²) in [5.41, 5.74) is 1.36. The molecular weight excluding hydrogens is 243 g/mol. The molecule has 3 N–H and O–H groups in total. The summed E-state index contributed by atoms with van der Waals surface area (Å²) in [5, 5.41) is 0. The number of nitrogens with zero attached hydrogens (tertiary/aromatic N) is 3. The summed E-state index contributed by atoms with van der Waals surface area (Å²) in [4.78, 5) is 32.4. The second-order valence-corrected chi connectivity index (χ2v) is 4.91. The van der Waals surface area contributed by atoms with E-state index in [9.17, 15) is 4.57 Å². The van der Waals surface area contributed by atoms with Gasteiger partial charge in [0.1, 0.15) is 11.3 Å². The van der Waals surface area contributed by atoms with E-state index in [0.29, 0.717) is 24.3 Å². The first-order valence-corrected chi connectivity index (χ1v) is 6.61. The molecule has 0 saturated heterocycles. The maximum atomic E-state index is 10.5. The maximum absolute atomic E-state index is 10.5. The van der Waals surface area contributed by atoms with E-state index in [-0.39, 0.29) is 0 Å². The van der Waals surface area contributed by atoms with Gasteiger partial charge in [-0.3, -0.25) is 4.57 Å². The van der Waals surface area contributed by atoms with Gasteiger partial charge in [-0.1, -0.05) is 6.08 Å². The fraction of sp³-hybridized carbons (Fsp3) is 0.222. The predicted octanol–water partition coefficient (Wildman–Crippen LogP) is 0.977. The molecule has 0 atom stereocenters. The summed E-state index contributed by atoms with van der Waals surface area (Å²) >= 11 is 0. The Bertz CT molecular complexity index is 589. The van der Waals surface area contributed by atoms with Crippen molar-refractivity contribution in [3.8, 4) is 0 Å². The molecule has 2 aromatic rings. The fourth-order valence-corrected chi connectivity index (χ4v) is 1.74. The molecule has 0 bridgehead atoms. The highest BCUT2D eigenvalue weighted by molar-refractivity contribution is 7.55. The van der Waals surface area contributed by atoms with Crippen molar-refractivity contribution in [3.63, 3.8) is 0 Å². The van der Waals surface area contributed by atoms with Crippen molar-refractivity contribution in [2.75, 3.05) is 0 Å². The Labute approximate surface area is 96.8 Å². The molecule has 7 nitrogen and oxygen atoms in total. The summed E-state index contributed by atoms with van der Waals surface area (Å²) in [6, 6.07) is 0. The molecule has 0 aliphatic heterocycles. The van der Waals surface area contributed by atoms with Gasteiger partial charge in [0, 0.05) is 12.2 Å². The van der Waals surface area contributed by atoms with Crippen molar-refractivity contribution in [1.29, 1.82) is 0 Å². The van der Waals surface area contributed by atoms with Gasteiger partial charge in [-0.15, -0.1) is 0 Å². The number of aromatic amines is 1. The first-order chi connectivity index (χ1) is 8.04. The van der Waals surface area contributed by atoms with E-state index in [1.165, 1.54) is 12.4 Å². The van der Waals surface area contributed by atoms with Crippen molar-refractivity contribution < 1.29 is 14.4 Å². The van der Waals surface area contributed by atoms with Crippen LogP contribution in [0.2, 0.25) is 0 Å². The summed E-state index contributed by atoms with van der Waals surface area (Å²) < 4.78 is 10.5. The van der Waals surface area contributed by atoms with Crippen LogP contribution in [0.3, 0.4) is 0 Å². The number of aromatic nitrogens is 4. The van der Waals surface area contributed by atoms with Gasteiger partial charge < -0.3 is 14.8 Å². The summed E-state index contributed by atoms with van der Waals surface area (Å²) in [7, 11) is -4.06. The topological polar surface area (TPSA) is 112 Å². The van der Waals surface area contributed by atoms with E-state index in [1.54, 1.807) is 6.20 Å². The lowest BCUT2D eigenvalue weighted by Gasteiger charge is -1.97. The molecule has 0 amide bonds. The molecule has 0 radical (unpaired) electrons. The molecule has 0 aromatic carbocycles. The Balaban J connectivity index is 1.99. The lowest BCUT2D eigenvalue weighted by molar-refractivity contribution is 0.386. The van der Waals surface area contributed by atoms with E-state index in [0.717, 1.165) is 11.3 Å². The van der Waals surface area contributed by atoms with E-state index in [4.69, 9.17) is 9.79 Å². The number of hydrogen-bond acceptors (Lipinski definition) is 4. The molecule has 0 aliphatic rings. The quantitative estimate of drug-likeness (QED) is 0.701. The van der Waals surface area contributed by atoms with E-state index in [1.807, 2.05) is 0 Å². The number of aryl methyl sites for hydroxylation is 1. The van der Waals surface area contributed by atoms with Gasteiger partial charge in [0.05, 0.1) is 12.5 Å². The smallest absolute Gasteiger partial charge is 0.342 e. The number of fused-ring (bicyclic) bond motifs is 1. The molecule has 17 heavy (non-hydrogen) atoms. The Morgan fingerprint density at radius 3 is 3.00 bits per heavy atom. The van der Waals surface area contributed by atoms with E-state index < -0.39 is 7.60 Å². The summed E-state index contributed by atoms with van der Waals surface area (Å²) in [5.74, 6) is 1.49. The van der Waals surface area contributed by atoms with Crippen LogP contribution in [0.25, 0.3) is 11.2 Å². The number of imidazole rings is 1. The molecule has 0 spiro atoms. The van der Waals surface area contributed by atoms with Crippen LogP contribution in [0.15, 0.2) is 24.4 Å². The first kappa shape index (κ1) is 11.9. The second kappa shape index (κ2) is 4.75. The lowest BCUT2D eigenvalue weighted by atomic mass is 10.3. The molecule has 2 aromatic heterocycles. The van der Waals surface area contributed by atoms with Gasteiger partial charge >= 0.3 is 7.60 Å². The van der Waals surface area contributed by atoms with Crippen LogP contribution < -0.4 is 0 Å². The van der Waals surface area contributed by atoms with Crippen molar-refractivity contribution in [1.82, 2.24) is 19.9 Å². The molecule has 0 unspecified atom stereocenters. The van der Waals surface area contributed by atoms with Gasteiger partial charge in [-0.2, -0.15) is 0 Å². The van der Waals surface area contributed by atoms with Crippen LogP contribution in [0, 0.1) is 0 Å². The fourth-order valence-electron chi connectivity index (χ4n) is 1.32. The third-order valence-electron chi connectivity index (χ3n) is 2.06. The molecule has 8 heteroatoms. The van der Waals surface area contributed by atoms with Crippen molar-refractivity contribution in [2.24, 2.45) is 0 Å².